The Bertz CT molecular complexity index is 1060. The van der Waals surface area contributed by atoms with Gasteiger partial charge in [-0.3, -0.25) is 9.20 Å². The molecular formula is C21H20N2O3S2. The molecule has 0 spiro atoms. The summed E-state index contributed by atoms with van der Waals surface area (Å²) in [6.07, 6.45) is 2.93. The van der Waals surface area contributed by atoms with Gasteiger partial charge in [0.15, 0.2) is 0 Å². The number of aromatic nitrogens is 2. The second kappa shape index (κ2) is 8.41. The molecule has 7 heteroatoms. The van der Waals surface area contributed by atoms with E-state index in [0.29, 0.717) is 21.5 Å². The molecule has 3 heterocycles. The Morgan fingerprint density at radius 1 is 1.21 bits per heavy atom. The van der Waals surface area contributed by atoms with Crippen molar-refractivity contribution < 1.29 is 9.53 Å². The molecule has 3 aromatic rings. The zero-order chi connectivity index (χ0) is 19.5. The quantitative estimate of drug-likeness (QED) is 0.598. The predicted molar refractivity (Wildman–Crippen MR) is 114 cm³/mol. The third kappa shape index (κ3) is 4.10. The van der Waals surface area contributed by atoms with Crippen molar-refractivity contribution >= 4 is 35.1 Å². The number of hydrogen-bond acceptors (Lipinski definition) is 6. The Balaban J connectivity index is 1.45. The van der Waals surface area contributed by atoms with Crippen molar-refractivity contribution in [3.63, 3.8) is 0 Å². The third-order valence-electron chi connectivity index (χ3n) is 4.54. The SMILES string of the molecule is Cc1cccn2c(=O)cc(COC(=O)c3ccc(C4SCCCS4)cc3)nc12. The number of hydrogen-bond donors (Lipinski definition) is 0. The predicted octanol–water partition coefficient (Wildman–Crippen LogP) is 4.23. The molecule has 0 amide bonds. The van der Waals surface area contributed by atoms with Crippen molar-refractivity contribution in [3.05, 3.63) is 81.4 Å². The van der Waals surface area contributed by atoms with E-state index in [1.165, 1.54) is 34.0 Å². The summed E-state index contributed by atoms with van der Waals surface area (Å²) in [5, 5.41) is 0. The fourth-order valence-electron chi connectivity index (χ4n) is 3.06. The van der Waals surface area contributed by atoms with Crippen molar-refractivity contribution in [2.24, 2.45) is 0 Å². The van der Waals surface area contributed by atoms with Crippen LogP contribution in [0.25, 0.3) is 5.65 Å². The minimum absolute atomic E-state index is 0.0328. The molecule has 1 aliphatic heterocycles. The number of nitrogens with zero attached hydrogens (tertiary/aromatic N) is 2. The van der Waals surface area contributed by atoms with E-state index in [9.17, 15) is 9.59 Å². The average molecular weight is 413 g/mol. The highest BCUT2D eigenvalue weighted by Crippen LogP contribution is 2.43. The molecule has 28 heavy (non-hydrogen) atoms. The van der Waals surface area contributed by atoms with Crippen molar-refractivity contribution in [2.45, 2.75) is 24.5 Å². The highest BCUT2D eigenvalue weighted by atomic mass is 32.2. The molecule has 0 unspecified atom stereocenters. The Labute approximate surface area is 171 Å². The van der Waals surface area contributed by atoms with Gasteiger partial charge in [0.1, 0.15) is 12.3 Å². The van der Waals surface area contributed by atoms with Crippen LogP contribution in [0.15, 0.2) is 53.5 Å². The zero-order valence-electron chi connectivity index (χ0n) is 15.5. The van der Waals surface area contributed by atoms with Crippen LogP contribution in [0.4, 0.5) is 0 Å². The maximum atomic E-state index is 12.4. The molecule has 1 aliphatic rings. The van der Waals surface area contributed by atoms with Gasteiger partial charge < -0.3 is 4.74 Å². The normalized spacial score (nSPS) is 14.9. The van der Waals surface area contributed by atoms with Crippen LogP contribution in [-0.2, 0) is 11.3 Å². The van der Waals surface area contributed by atoms with E-state index in [0.717, 1.165) is 5.56 Å². The third-order valence-corrected chi connectivity index (χ3v) is 7.55. The van der Waals surface area contributed by atoms with Gasteiger partial charge >= 0.3 is 5.97 Å². The summed E-state index contributed by atoms with van der Waals surface area (Å²) in [4.78, 5) is 29.1. The number of rotatable bonds is 4. The minimum atomic E-state index is -0.415. The first-order valence-electron chi connectivity index (χ1n) is 9.10. The molecule has 1 fully saturated rings. The number of carbonyl (C=O) groups is 1. The summed E-state index contributed by atoms with van der Waals surface area (Å²) in [6.45, 7) is 1.86. The average Bonchev–Trinajstić information content (AvgIpc) is 2.73. The molecule has 1 aromatic carbocycles. The monoisotopic (exact) mass is 412 g/mol. The van der Waals surface area contributed by atoms with Gasteiger partial charge in [-0.2, -0.15) is 0 Å². The second-order valence-electron chi connectivity index (χ2n) is 6.60. The summed E-state index contributed by atoms with van der Waals surface area (Å²) in [5.41, 5.74) is 3.45. The van der Waals surface area contributed by atoms with Gasteiger partial charge in [0.2, 0.25) is 0 Å². The Morgan fingerprint density at radius 2 is 1.96 bits per heavy atom. The Hall–Kier alpha value is -2.25. The van der Waals surface area contributed by atoms with E-state index >= 15 is 0 Å². The van der Waals surface area contributed by atoms with Gasteiger partial charge in [-0.05, 0) is 54.2 Å². The molecule has 1 saturated heterocycles. The molecule has 144 valence electrons. The van der Waals surface area contributed by atoms with Crippen LogP contribution in [0.5, 0.6) is 0 Å². The maximum Gasteiger partial charge on any atom is 0.338 e. The molecule has 0 aliphatic carbocycles. The first-order chi connectivity index (χ1) is 13.6. The van der Waals surface area contributed by atoms with Crippen molar-refractivity contribution in [3.8, 4) is 0 Å². The number of fused-ring (bicyclic) bond motifs is 1. The van der Waals surface area contributed by atoms with Crippen LogP contribution >= 0.6 is 23.5 Å². The molecule has 5 nitrogen and oxygen atoms in total. The summed E-state index contributed by atoms with van der Waals surface area (Å²) in [6, 6.07) is 12.7. The van der Waals surface area contributed by atoms with E-state index in [4.69, 9.17) is 4.74 Å². The van der Waals surface area contributed by atoms with Gasteiger partial charge in [-0.1, -0.05) is 18.2 Å². The lowest BCUT2D eigenvalue weighted by atomic mass is 10.1. The lowest BCUT2D eigenvalue weighted by Crippen LogP contribution is -2.17. The molecule has 0 atom stereocenters. The molecule has 0 N–H and O–H groups in total. The van der Waals surface area contributed by atoms with Crippen molar-refractivity contribution in [1.29, 1.82) is 0 Å². The highest BCUT2D eigenvalue weighted by molar-refractivity contribution is 8.16. The molecule has 4 rings (SSSR count). The van der Waals surface area contributed by atoms with Crippen LogP contribution in [-0.4, -0.2) is 26.9 Å². The number of aryl methyl sites for hydroxylation is 1. The number of esters is 1. The molecule has 0 saturated carbocycles. The zero-order valence-corrected chi connectivity index (χ0v) is 17.1. The molecule has 2 aromatic heterocycles. The Kier molecular flexibility index (Phi) is 5.73. The van der Waals surface area contributed by atoms with Gasteiger partial charge in [0, 0.05) is 12.3 Å². The minimum Gasteiger partial charge on any atom is -0.456 e. The number of ether oxygens (including phenoxy) is 1. The number of carbonyl (C=O) groups excluding carboxylic acids is 1. The summed E-state index contributed by atoms with van der Waals surface area (Å²) >= 11 is 3.90. The smallest absolute Gasteiger partial charge is 0.338 e. The van der Waals surface area contributed by atoms with E-state index in [-0.39, 0.29) is 12.2 Å². The molecule has 0 radical (unpaired) electrons. The van der Waals surface area contributed by atoms with Crippen LogP contribution in [0.3, 0.4) is 0 Å². The lowest BCUT2D eigenvalue weighted by molar-refractivity contribution is 0.0467. The lowest BCUT2D eigenvalue weighted by Gasteiger charge is -2.21. The number of pyridine rings is 1. The van der Waals surface area contributed by atoms with Crippen LogP contribution in [0, 0.1) is 6.92 Å². The number of benzene rings is 1. The fraction of sp³-hybridized carbons (Fsp3) is 0.286. The van der Waals surface area contributed by atoms with Crippen LogP contribution in [0.1, 0.15) is 38.2 Å². The van der Waals surface area contributed by atoms with E-state index in [1.807, 2.05) is 48.6 Å². The topological polar surface area (TPSA) is 60.7 Å². The van der Waals surface area contributed by atoms with Gasteiger partial charge in [0.05, 0.1) is 15.8 Å². The maximum absolute atomic E-state index is 12.4. The Morgan fingerprint density at radius 3 is 2.71 bits per heavy atom. The first-order valence-corrected chi connectivity index (χ1v) is 11.2. The summed E-state index contributed by atoms with van der Waals surface area (Å²) in [7, 11) is 0. The standard InChI is InChI=1S/C21H20N2O3S2/c1-14-4-2-9-23-18(24)12-17(22-19(14)23)13-26-20(25)15-5-7-16(8-6-15)21-27-10-3-11-28-21/h2,4-9,12,21H,3,10-11,13H2,1H3. The van der Waals surface area contributed by atoms with Gasteiger partial charge in [0.25, 0.3) is 5.56 Å². The van der Waals surface area contributed by atoms with Gasteiger partial charge in [-0.25, -0.2) is 9.78 Å². The van der Waals surface area contributed by atoms with Crippen molar-refractivity contribution in [1.82, 2.24) is 9.38 Å². The van der Waals surface area contributed by atoms with Gasteiger partial charge in [-0.15, -0.1) is 23.5 Å². The van der Waals surface area contributed by atoms with Crippen molar-refractivity contribution in [2.75, 3.05) is 11.5 Å². The largest absolute Gasteiger partial charge is 0.456 e. The van der Waals surface area contributed by atoms with E-state index in [2.05, 4.69) is 4.98 Å². The fourth-order valence-corrected chi connectivity index (χ4v) is 5.96. The summed E-state index contributed by atoms with van der Waals surface area (Å²) in [5.74, 6) is 1.95. The summed E-state index contributed by atoms with van der Waals surface area (Å²) < 4.78 is 7.31. The number of thioether (sulfide) groups is 2. The highest BCUT2D eigenvalue weighted by Gasteiger charge is 2.17. The second-order valence-corrected chi connectivity index (χ2v) is 9.32. The van der Waals surface area contributed by atoms with E-state index < -0.39 is 5.97 Å². The van der Waals surface area contributed by atoms with Crippen LogP contribution in [0.2, 0.25) is 0 Å². The van der Waals surface area contributed by atoms with E-state index in [1.54, 1.807) is 24.4 Å². The first kappa shape index (κ1) is 19.1. The molecular weight excluding hydrogens is 392 g/mol. The van der Waals surface area contributed by atoms with Crippen LogP contribution < -0.4 is 5.56 Å². The molecule has 0 bridgehead atoms.